The van der Waals surface area contributed by atoms with Crippen molar-refractivity contribution in [3.05, 3.63) is 0 Å². The first kappa shape index (κ1) is 9.69. The van der Waals surface area contributed by atoms with Crippen LogP contribution in [0.15, 0.2) is 0 Å². The number of Topliss-reactive ketones (excluding diaryl/α,β-unsaturated/α-hetero) is 1. The highest BCUT2D eigenvalue weighted by atomic mass is 32.2. The summed E-state index contributed by atoms with van der Waals surface area (Å²) in [5.74, 6) is 0.793. The molecule has 0 heterocycles. The molecule has 0 spiro atoms. The lowest BCUT2D eigenvalue weighted by Gasteiger charge is -1.93. The average molecular weight is 160 g/mol. The molecule has 2 nitrogen and oxygen atoms in total. The summed E-state index contributed by atoms with van der Waals surface area (Å²) in [6, 6.07) is 0. The normalized spacial score (nSPS) is 9.40. The third-order valence-corrected chi connectivity index (χ3v) is 1.80. The Morgan fingerprint density at radius 1 is 1.30 bits per heavy atom. The smallest absolute Gasteiger partial charge is 0.196 e. The SMILES string of the molecule is CCSC(=O)CC(=O)CC. The predicted molar refractivity (Wildman–Crippen MR) is 43.1 cm³/mol. The third-order valence-electron chi connectivity index (χ3n) is 1.04. The molecule has 0 aromatic carbocycles. The van der Waals surface area contributed by atoms with Crippen LogP contribution < -0.4 is 0 Å². The molecule has 0 aliphatic carbocycles. The van der Waals surface area contributed by atoms with Crippen LogP contribution in [0.2, 0.25) is 0 Å². The van der Waals surface area contributed by atoms with Gasteiger partial charge < -0.3 is 0 Å². The fourth-order valence-corrected chi connectivity index (χ4v) is 1.08. The molecule has 0 aromatic heterocycles. The Morgan fingerprint density at radius 2 is 1.90 bits per heavy atom. The lowest BCUT2D eigenvalue weighted by atomic mass is 10.2. The van der Waals surface area contributed by atoms with Crippen molar-refractivity contribution < 1.29 is 9.59 Å². The Hall–Kier alpha value is -0.310. The highest BCUT2D eigenvalue weighted by Gasteiger charge is 2.05. The van der Waals surface area contributed by atoms with Gasteiger partial charge in [-0.1, -0.05) is 25.6 Å². The number of carbonyl (C=O) groups is 2. The van der Waals surface area contributed by atoms with E-state index in [0.29, 0.717) is 6.42 Å². The minimum atomic E-state index is -0.00523. The average Bonchev–Trinajstić information content (AvgIpc) is 1.88. The standard InChI is InChI=1S/C7H12O2S/c1-3-6(8)5-7(9)10-4-2/h3-5H2,1-2H3. The number of hydrogen-bond acceptors (Lipinski definition) is 3. The van der Waals surface area contributed by atoms with Gasteiger partial charge in [-0.15, -0.1) is 0 Å². The highest BCUT2D eigenvalue weighted by Crippen LogP contribution is 2.05. The number of rotatable bonds is 4. The molecule has 0 N–H and O–H groups in total. The van der Waals surface area contributed by atoms with Crippen LogP contribution in [0.1, 0.15) is 26.7 Å². The van der Waals surface area contributed by atoms with Gasteiger partial charge in [-0.05, 0) is 5.75 Å². The Kier molecular flexibility index (Phi) is 5.30. The van der Waals surface area contributed by atoms with E-state index in [0.717, 1.165) is 5.75 Å². The van der Waals surface area contributed by atoms with Gasteiger partial charge in [0.2, 0.25) is 0 Å². The molecule has 0 unspecified atom stereocenters. The van der Waals surface area contributed by atoms with Crippen LogP contribution in [0.5, 0.6) is 0 Å². The zero-order chi connectivity index (χ0) is 7.98. The number of carbonyl (C=O) groups excluding carboxylic acids is 2. The molecular formula is C7H12O2S. The quantitative estimate of drug-likeness (QED) is 0.586. The number of thioether (sulfide) groups is 1. The topological polar surface area (TPSA) is 34.1 Å². The second-order valence-electron chi connectivity index (χ2n) is 1.87. The first-order chi connectivity index (χ1) is 4.70. The van der Waals surface area contributed by atoms with Gasteiger partial charge in [0.25, 0.3) is 0 Å². The van der Waals surface area contributed by atoms with Gasteiger partial charge in [0.05, 0.1) is 6.42 Å². The number of hydrogen-bond donors (Lipinski definition) is 0. The third kappa shape index (κ3) is 4.56. The van der Waals surface area contributed by atoms with Crippen LogP contribution >= 0.6 is 11.8 Å². The van der Waals surface area contributed by atoms with E-state index in [1.165, 1.54) is 11.8 Å². The van der Waals surface area contributed by atoms with Gasteiger partial charge in [-0.2, -0.15) is 0 Å². The van der Waals surface area contributed by atoms with Crippen molar-refractivity contribution in [2.24, 2.45) is 0 Å². The maximum atomic E-state index is 10.8. The minimum Gasteiger partial charge on any atom is -0.299 e. The van der Waals surface area contributed by atoms with Gasteiger partial charge in [-0.3, -0.25) is 9.59 Å². The summed E-state index contributed by atoms with van der Waals surface area (Å²) in [6.07, 6.45) is 0.574. The Balaban J connectivity index is 3.47. The maximum absolute atomic E-state index is 10.8. The van der Waals surface area contributed by atoms with Crippen LogP contribution in [-0.2, 0) is 9.59 Å². The van der Waals surface area contributed by atoms with Gasteiger partial charge in [0.1, 0.15) is 5.78 Å². The first-order valence-electron chi connectivity index (χ1n) is 3.38. The lowest BCUT2D eigenvalue weighted by Crippen LogP contribution is -2.02. The lowest BCUT2D eigenvalue weighted by molar-refractivity contribution is -0.123. The van der Waals surface area contributed by atoms with E-state index < -0.39 is 0 Å². The molecule has 0 saturated carbocycles. The van der Waals surface area contributed by atoms with Crippen LogP contribution in [-0.4, -0.2) is 16.7 Å². The van der Waals surface area contributed by atoms with Gasteiger partial charge in [0.15, 0.2) is 5.12 Å². The van der Waals surface area contributed by atoms with E-state index in [1.54, 1.807) is 6.92 Å². The molecule has 3 heteroatoms. The van der Waals surface area contributed by atoms with Gasteiger partial charge >= 0.3 is 0 Å². The second kappa shape index (κ2) is 5.47. The van der Waals surface area contributed by atoms with Crippen molar-refractivity contribution >= 4 is 22.7 Å². The predicted octanol–water partition coefficient (Wildman–Crippen LogP) is 1.64. The molecule has 10 heavy (non-hydrogen) atoms. The Morgan fingerprint density at radius 3 is 2.30 bits per heavy atom. The summed E-state index contributed by atoms with van der Waals surface area (Å²) in [5, 5.41) is -0.00523. The molecular weight excluding hydrogens is 148 g/mol. The molecule has 0 atom stereocenters. The molecule has 0 aromatic rings. The molecule has 0 radical (unpaired) electrons. The van der Waals surface area contributed by atoms with Crippen LogP contribution in [0, 0.1) is 0 Å². The Bertz CT molecular complexity index is 132. The molecule has 0 aliphatic rings. The van der Waals surface area contributed by atoms with E-state index in [1.807, 2.05) is 6.92 Å². The van der Waals surface area contributed by atoms with Crippen molar-refractivity contribution in [2.75, 3.05) is 5.75 Å². The van der Waals surface area contributed by atoms with E-state index in [9.17, 15) is 9.59 Å². The zero-order valence-corrected chi connectivity index (χ0v) is 7.16. The van der Waals surface area contributed by atoms with Gasteiger partial charge in [0, 0.05) is 6.42 Å². The fourth-order valence-electron chi connectivity index (χ4n) is 0.498. The molecule has 0 aliphatic heterocycles. The summed E-state index contributed by atoms with van der Waals surface area (Å²) >= 11 is 1.22. The number of ketones is 1. The minimum absolute atomic E-state index is 0.00523. The molecule has 0 fully saturated rings. The van der Waals surface area contributed by atoms with Gasteiger partial charge in [-0.25, -0.2) is 0 Å². The molecule has 0 bridgehead atoms. The summed E-state index contributed by atoms with van der Waals surface area (Å²) in [4.78, 5) is 21.4. The Labute approximate surface area is 65.4 Å². The molecule has 0 saturated heterocycles. The summed E-state index contributed by atoms with van der Waals surface area (Å²) in [7, 11) is 0. The molecule has 58 valence electrons. The summed E-state index contributed by atoms with van der Waals surface area (Å²) in [5.41, 5.74) is 0. The first-order valence-corrected chi connectivity index (χ1v) is 4.36. The summed E-state index contributed by atoms with van der Waals surface area (Å²) < 4.78 is 0. The van der Waals surface area contributed by atoms with Crippen LogP contribution in [0.4, 0.5) is 0 Å². The van der Waals surface area contributed by atoms with Crippen molar-refractivity contribution in [3.8, 4) is 0 Å². The highest BCUT2D eigenvalue weighted by molar-refractivity contribution is 8.13. The molecule has 0 amide bonds. The van der Waals surface area contributed by atoms with E-state index in [4.69, 9.17) is 0 Å². The van der Waals surface area contributed by atoms with E-state index in [2.05, 4.69) is 0 Å². The van der Waals surface area contributed by atoms with Crippen LogP contribution in [0.3, 0.4) is 0 Å². The van der Waals surface area contributed by atoms with Crippen molar-refractivity contribution in [3.63, 3.8) is 0 Å². The summed E-state index contributed by atoms with van der Waals surface area (Å²) in [6.45, 7) is 3.67. The maximum Gasteiger partial charge on any atom is 0.196 e. The zero-order valence-electron chi connectivity index (χ0n) is 6.35. The monoisotopic (exact) mass is 160 g/mol. The van der Waals surface area contributed by atoms with Crippen molar-refractivity contribution in [1.29, 1.82) is 0 Å². The molecule has 0 rings (SSSR count). The van der Waals surface area contributed by atoms with E-state index >= 15 is 0 Å². The second-order valence-corrected chi connectivity index (χ2v) is 3.20. The fraction of sp³-hybridized carbons (Fsp3) is 0.714. The van der Waals surface area contributed by atoms with E-state index in [-0.39, 0.29) is 17.3 Å². The van der Waals surface area contributed by atoms with Crippen LogP contribution in [0.25, 0.3) is 0 Å². The largest absolute Gasteiger partial charge is 0.299 e. The van der Waals surface area contributed by atoms with Crippen molar-refractivity contribution in [1.82, 2.24) is 0 Å². The van der Waals surface area contributed by atoms with Crippen molar-refractivity contribution in [2.45, 2.75) is 26.7 Å².